The van der Waals surface area contributed by atoms with Crippen molar-refractivity contribution in [3.05, 3.63) is 108 Å². The average Bonchev–Trinajstić information content (AvgIpc) is 2.95. The predicted octanol–water partition coefficient (Wildman–Crippen LogP) is 4.59. The Hall–Kier alpha value is -3.56. The van der Waals surface area contributed by atoms with Gasteiger partial charge in [-0.2, -0.15) is 0 Å². The predicted molar refractivity (Wildman–Crippen MR) is 142 cm³/mol. The summed E-state index contributed by atoms with van der Waals surface area (Å²) in [7, 11) is 0. The fourth-order valence-corrected chi connectivity index (χ4v) is 4.34. The first kappa shape index (κ1) is 28.4. The fourth-order valence-electron chi connectivity index (χ4n) is 4.34. The molecule has 5 atom stereocenters. The second kappa shape index (κ2) is 14.6. The van der Waals surface area contributed by atoms with E-state index in [2.05, 4.69) is 0 Å². The molecule has 206 valence electrons. The van der Waals surface area contributed by atoms with E-state index in [-0.39, 0.29) is 26.4 Å². The Morgan fingerprint density at radius 3 is 1.49 bits per heavy atom. The van der Waals surface area contributed by atoms with Gasteiger partial charge >= 0.3 is 11.9 Å². The van der Waals surface area contributed by atoms with Gasteiger partial charge in [-0.3, -0.25) is 9.59 Å². The second-order valence-corrected chi connectivity index (χ2v) is 9.24. The van der Waals surface area contributed by atoms with E-state index in [1.807, 2.05) is 91.0 Å². The first-order valence-electron chi connectivity index (χ1n) is 12.9. The quantitative estimate of drug-likeness (QED) is 0.312. The molecule has 0 N–H and O–H groups in total. The van der Waals surface area contributed by atoms with Crippen LogP contribution >= 0.6 is 0 Å². The number of hydrogen-bond acceptors (Lipinski definition) is 8. The molecule has 8 nitrogen and oxygen atoms in total. The zero-order chi connectivity index (χ0) is 27.5. The van der Waals surface area contributed by atoms with Crippen LogP contribution in [0.25, 0.3) is 0 Å². The van der Waals surface area contributed by atoms with Gasteiger partial charge < -0.3 is 28.4 Å². The van der Waals surface area contributed by atoms with E-state index >= 15 is 0 Å². The maximum Gasteiger partial charge on any atom is 0.305 e. The van der Waals surface area contributed by atoms with Crippen LogP contribution in [-0.2, 0) is 57.8 Å². The summed E-state index contributed by atoms with van der Waals surface area (Å²) in [6.45, 7) is 3.27. The first-order chi connectivity index (χ1) is 19.0. The minimum absolute atomic E-state index is 0.108. The SMILES string of the molecule is CC(=O)OC[C@H]1O[C@@H](OC(C)=O)[C@H](OCc2ccccc2)[C@@H](OCc2ccccc2)[C@@H]1OCc1ccccc1. The molecule has 39 heavy (non-hydrogen) atoms. The number of esters is 2. The van der Waals surface area contributed by atoms with Gasteiger partial charge in [0, 0.05) is 13.8 Å². The second-order valence-electron chi connectivity index (χ2n) is 9.24. The summed E-state index contributed by atoms with van der Waals surface area (Å²) in [6, 6.07) is 29.1. The van der Waals surface area contributed by atoms with Crippen molar-refractivity contribution >= 4 is 11.9 Å². The lowest BCUT2D eigenvalue weighted by Crippen LogP contribution is -2.62. The number of carbonyl (C=O) groups is 2. The van der Waals surface area contributed by atoms with Crippen LogP contribution < -0.4 is 0 Å². The monoisotopic (exact) mass is 534 g/mol. The van der Waals surface area contributed by atoms with Gasteiger partial charge in [0.25, 0.3) is 0 Å². The Labute approximate surface area is 228 Å². The van der Waals surface area contributed by atoms with Crippen LogP contribution in [0.15, 0.2) is 91.0 Å². The maximum atomic E-state index is 12.1. The lowest BCUT2D eigenvalue weighted by molar-refractivity contribution is -0.318. The highest BCUT2D eigenvalue weighted by molar-refractivity contribution is 5.66. The van der Waals surface area contributed by atoms with E-state index < -0.39 is 42.6 Å². The molecule has 0 aromatic heterocycles. The van der Waals surface area contributed by atoms with Crippen LogP contribution in [0.4, 0.5) is 0 Å². The maximum absolute atomic E-state index is 12.1. The number of ether oxygens (including phenoxy) is 6. The molecule has 0 aliphatic carbocycles. The Morgan fingerprint density at radius 1 is 0.615 bits per heavy atom. The summed E-state index contributed by atoms with van der Waals surface area (Å²) in [5.41, 5.74) is 2.84. The molecule has 4 rings (SSSR count). The minimum atomic E-state index is -1.11. The van der Waals surface area contributed by atoms with Crippen molar-refractivity contribution in [2.45, 2.75) is 64.4 Å². The van der Waals surface area contributed by atoms with Crippen LogP contribution in [0, 0.1) is 0 Å². The average molecular weight is 535 g/mol. The lowest BCUT2D eigenvalue weighted by Gasteiger charge is -2.45. The molecule has 8 heteroatoms. The third-order valence-corrected chi connectivity index (χ3v) is 6.18. The zero-order valence-electron chi connectivity index (χ0n) is 22.1. The Bertz CT molecular complexity index is 1150. The highest BCUT2D eigenvalue weighted by Gasteiger charge is 2.50. The molecule has 0 saturated carbocycles. The molecule has 0 radical (unpaired) electrons. The van der Waals surface area contributed by atoms with Crippen molar-refractivity contribution in [2.24, 2.45) is 0 Å². The van der Waals surface area contributed by atoms with Gasteiger partial charge in [-0.25, -0.2) is 0 Å². The van der Waals surface area contributed by atoms with Gasteiger partial charge in [-0.15, -0.1) is 0 Å². The highest BCUT2D eigenvalue weighted by Crippen LogP contribution is 2.31. The van der Waals surface area contributed by atoms with E-state index in [1.54, 1.807) is 0 Å². The first-order valence-corrected chi connectivity index (χ1v) is 12.9. The molecular weight excluding hydrogens is 500 g/mol. The largest absolute Gasteiger partial charge is 0.463 e. The van der Waals surface area contributed by atoms with Crippen molar-refractivity contribution in [1.82, 2.24) is 0 Å². The van der Waals surface area contributed by atoms with Gasteiger partial charge in [0.05, 0.1) is 19.8 Å². The summed E-state index contributed by atoms with van der Waals surface area (Å²) in [5.74, 6) is -1.00. The molecule has 1 aliphatic heterocycles. The van der Waals surface area contributed by atoms with E-state index in [0.29, 0.717) is 0 Å². The fraction of sp³-hybridized carbons (Fsp3) is 0.355. The van der Waals surface area contributed by atoms with E-state index in [4.69, 9.17) is 28.4 Å². The van der Waals surface area contributed by atoms with Crippen molar-refractivity contribution in [1.29, 1.82) is 0 Å². The Kier molecular flexibility index (Phi) is 10.6. The molecule has 1 aliphatic rings. The molecule has 3 aromatic rings. The summed E-state index contributed by atoms with van der Waals surface area (Å²) in [6.07, 6.45) is -4.15. The van der Waals surface area contributed by atoms with Gasteiger partial charge in [-0.1, -0.05) is 91.0 Å². The van der Waals surface area contributed by atoms with Gasteiger partial charge in [0.15, 0.2) is 0 Å². The lowest BCUT2D eigenvalue weighted by atomic mass is 9.97. The van der Waals surface area contributed by atoms with Crippen LogP contribution in [0.1, 0.15) is 30.5 Å². The molecule has 1 fully saturated rings. The molecular formula is C31H34O8. The summed E-state index contributed by atoms with van der Waals surface area (Å²) in [4.78, 5) is 23.8. The summed E-state index contributed by atoms with van der Waals surface area (Å²) >= 11 is 0. The molecule has 3 aromatic carbocycles. The smallest absolute Gasteiger partial charge is 0.305 e. The molecule has 0 spiro atoms. The third kappa shape index (κ3) is 8.73. The summed E-state index contributed by atoms with van der Waals surface area (Å²) < 4.78 is 36.2. The minimum Gasteiger partial charge on any atom is -0.463 e. The number of hydrogen-bond donors (Lipinski definition) is 0. The van der Waals surface area contributed by atoms with E-state index in [9.17, 15) is 9.59 Å². The third-order valence-electron chi connectivity index (χ3n) is 6.18. The van der Waals surface area contributed by atoms with Crippen LogP contribution in [0.3, 0.4) is 0 Å². The normalized spacial score (nSPS) is 22.7. The topological polar surface area (TPSA) is 89.5 Å². The molecule has 0 unspecified atom stereocenters. The van der Waals surface area contributed by atoms with Gasteiger partial charge in [0.2, 0.25) is 6.29 Å². The van der Waals surface area contributed by atoms with Crippen molar-refractivity contribution in [3.63, 3.8) is 0 Å². The van der Waals surface area contributed by atoms with Gasteiger partial charge in [-0.05, 0) is 16.7 Å². The Balaban J connectivity index is 1.64. The molecule has 1 heterocycles. The van der Waals surface area contributed by atoms with Crippen molar-refractivity contribution in [3.8, 4) is 0 Å². The standard InChI is InChI=1S/C31H34O8/c1-22(32)34-21-27-28(35-18-24-12-6-3-7-13-24)29(36-19-25-14-8-4-9-15-25)30(31(39-27)38-23(2)33)37-20-26-16-10-5-11-17-26/h3-17,27-31H,18-21H2,1-2H3/t27-,28-,29+,30-,31-/m1/s1. The van der Waals surface area contributed by atoms with Gasteiger partial charge in [0.1, 0.15) is 31.0 Å². The van der Waals surface area contributed by atoms with Crippen LogP contribution in [0.2, 0.25) is 0 Å². The molecule has 0 amide bonds. The highest BCUT2D eigenvalue weighted by atomic mass is 16.7. The van der Waals surface area contributed by atoms with E-state index in [1.165, 1.54) is 13.8 Å². The zero-order valence-corrected chi connectivity index (χ0v) is 22.1. The van der Waals surface area contributed by atoms with Crippen LogP contribution in [0.5, 0.6) is 0 Å². The number of rotatable bonds is 12. The van der Waals surface area contributed by atoms with E-state index in [0.717, 1.165) is 16.7 Å². The Morgan fingerprint density at radius 2 is 1.05 bits per heavy atom. The number of benzene rings is 3. The van der Waals surface area contributed by atoms with Crippen molar-refractivity contribution < 1.29 is 38.0 Å². The summed E-state index contributed by atoms with van der Waals surface area (Å²) in [5, 5.41) is 0. The van der Waals surface area contributed by atoms with Crippen LogP contribution in [-0.4, -0.2) is 49.3 Å². The number of carbonyl (C=O) groups excluding carboxylic acids is 2. The molecule has 0 bridgehead atoms. The van der Waals surface area contributed by atoms with Crippen molar-refractivity contribution in [2.75, 3.05) is 6.61 Å². The molecule has 1 saturated heterocycles.